The third-order valence-corrected chi connectivity index (χ3v) is 1.99. The van der Waals surface area contributed by atoms with Crippen LogP contribution in [0.5, 0.6) is 11.5 Å². The van der Waals surface area contributed by atoms with E-state index >= 15 is 0 Å². The smallest absolute Gasteiger partial charge is 0.161 e. The van der Waals surface area contributed by atoms with Gasteiger partial charge >= 0.3 is 0 Å². The Morgan fingerprint density at radius 2 is 2.14 bits per heavy atom. The molecule has 0 atom stereocenters. The molecule has 0 heterocycles. The van der Waals surface area contributed by atoms with Gasteiger partial charge in [0.25, 0.3) is 0 Å². The van der Waals surface area contributed by atoms with Crippen LogP contribution in [0.25, 0.3) is 5.03 Å². The van der Waals surface area contributed by atoms with Gasteiger partial charge in [0.1, 0.15) is 0 Å². The lowest BCUT2D eigenvalue weighted by molar-refractivity contribution is 0.311. The molecule has 0 spiro atoms. The first kappa shape index (κ1) is 10.9. The fourth-order valence-corrected chi connectivity index (χ4v) is 1.23. The highest BCUT2D eigenvalue weighted by Crippen LogP contribution is 2.31. The monoisotopic (exact) mass is 212 g/mol. The second kappa shape index (κ2) is 4.91. The molecule has 0 aliphatic heterocycles. The van der Waals surface area contributed by atoms with Crippen LogP contribution in [-0.4, -0.2) is 13.7 Å². The molecule has 0 bridgehead atoms. The molecule has 0 radical (unpaired) electrons. The van der Waals surface area contributed by atoms with E-state index in [2.05, 4.69) is 6.58 Å². The van der Waals surface area contributed by atoms with E-state index in [-0.39, 0.29) is 0 Å². The van der Waals surface area contributed by atoms with Gasteiger partial charge in [-0.3, -0.25) is 0 Å². The zero-order valence-corrected chi connectivity index (χ0v) is 9.10. The van der Waals surface area contributed by atoms with Crippen LogP contribution in [-0.2, 0) is 0 Å². The van der Waals surface area contributed by atoms with Gasteiger partial charge in [0.05, 0.1) is 13.7 Å². The van der Waals surface area contributed by atoms with Crippen LogP contribution in [0.2, 0.25) is 0 Å². The van der Waals surface area contributed by atoms with Crippen molar-refractivity contribution in [2.45, 2.75) is 6.92 Å². The Morgan fingerprint density at radius 3 is 2.64 bits per heavy atom. The number of hydrogen-bond donors (Lipinski definition) is 0. The van der Waals surface area contributed by atoms with Crippen molar-refractivity contribution in [3.8, 4) is 11.5 Å². The van der Waals surface area contributed by atoms with E-state index in [0.717, 1.165) is 5.56 Å². The summed E-state index contributed by atoms with van der Waals surface area (Å²) >= 11 is 5.78. The molecule has 76 valence electrons. The van der Waals surface area contributed by atoms with Crippen LogP contribution in [0.4, 0.5) is 0 Å². The molecule has 1 aromatic rings. The molecule has 3 heteroatoms. The Balaban J connectivity index is 3.07. The summed E-state index contributed by atoms with van der Waals surface area (Å²) in [6, 6.07) is 5.47. The van der Waals surface area contributed by atoms with E-state index in [9.17, 15) is 0 Å². The Bertz CT molecular complexity index is 334. The molecule has 0 aromatic heterocycles. The van der Waals surface area contributed by atoms with Crippen molar-refractivity contribution < 1.29 is 9.47 Å². The Morgan fingerprint density at radius 1 is 1.43 bits per heavy atom. The van der Waals surface area contributed by atoms with Crippen molar-refractivity contribution in [1.29, 1.82) is 0 Å². The van der Waals surface area contributed by atoms with E-state index in [1.165, 1.54) is 0 Å². The lowest BCUT2D eigenvalue weighted by atomic mass is 10.2. The molecule has 2 nitrogen and oxygen atoms in total. The summed E-state index contributed by atoms with van der Waals surface area (Å²) in [6.45, 7) is 6.16. The Labute approximate surface area is 89.1 Å². The molecule has 0 unspecified atom stereocenters. The maximum absolute atomic E-state index is 5.78. The molecule has 0 saturated heterocycles. The van der Waals surface area contributed by atoms with Gasteiger partial charge in [0.2, 0.25) is 0 Å². The molecule has 0 amide bonds. The second-order valence-electron chi connectivity index (χ2n) is 2.70. The average molecular weight is 213 g/mol. The maximum atomic E-state index is 5.78. The first-order chi connectivity index (χ1) is 6.69. The second-order valence-corrected chi connectivity index (χ2v) is 3.16. The van der Waals surface area contributed by atoms with E-state index in [4.69, 9.17) is 21.1 Å². The Kier molecular flexibility index (Phi) is 3.84. The van der Waals surface area contributed by atoms with Crippen LogP contribution in [0.3, 0.4) is 0 Å². The molecule has 0 aliphatic rings. The van der Waals surface area contributed by atoms with Gasteiger partial charge in [-0.2, -0.15) is 0 Å². The van der Waals surface area contributed by atoms with Crippen molar-refractivity contribution in [1.82, 2.24) is 0 Å². The van der Waals surface area contributed by atoms with Crippen LogP contribution < -0.4 is 9.47 Å². The summed E-state index contributed by atoms with van der Waals surface area (Å²) in [7, 11) is 1.60. The average Bonchev–Trinajstić information content (AvgIpc) is 2.18. The third-order valence-electron chi connectivity index (χ3n) is 1.78. The van der Waals surface area contributed by atoms with Crippen molar-refractivity contribution in [2.24, 2.45) is 0 Å². The molecular formula is C11H13ClO2. The number of hydrogen-bond acceptors (Lipinski definition) is 2. The quantitative estimate of drug-likeness (QED) is 0.763. The zero-order valence-electron chi connectivity index (χ0n) is 8.34. The fourth-order valence-electron chi connectivity index (χ4n) is 1.11. The van der Waals surface area contributed by atoms with Crippen molar-refractivity contribution in [2.75, 3.05) is 13.7 Å². The first-order valence-electron chi connectivity index (χ1n) is 4.34. The number of benzene rings is 1. The van der Waals surface area contributed by atoms with Gasteiger partial charge in [0, 0.05) is 5.03 Å². The highest BCUT2D eigenvalue weighted by molar-refractivity contribution is 6.48. The van der Waals surface area contributed by atoms with Crippen LogP contribution in [0.1, 0.15) is 12.5 Å². The number of methoxy groups -OCH3 is 1. The summed E-state index contributed by atoms with van der Waals surface area (Å²) in [5.74, 6) is 1.39. The van der Waals surface area contributed by atoms with Gasteiger partial charge in [-0.05, 0) is 30.7 Å². The van der Waals surface area contributed by atoms with Gasteiger partial charge in [0.15, 0.2) is 11.5 Å². The lowest BCUT2D eigenvalue weighted by Gasteiger charge is -2.10. The SMILES string of the molecule is C=C(Cl)c1ccc(OC)c(OCC)c1. The molecule has 1 aromatic carbocycles. The minimum atomic E-state index is 0.494. The van der Waals surface area contributed by atoms with Crippen LogP contribution >= 0.6 is 11.6 Å². The molecule has 0 saturated carbocycles. The number of ether oxygens (including phenoxy) is 2. The van der Waals surface area contributed by atoms with Gasteiger partial charge in [-0.15, -0.1) is 0 Å². The standard InChI is InChI=1S/C11H13ClO2/c1-4-14-11-7-9(8(2)12)5-6-10(11)13-3/h5-7H,2,4H2,1,3H3. The van der Waals surface area contributed by atoms with E-state index in [0.29, 0.717) is 23.1 Å². The third kappa shape index (κ3) is 2.42. The van der Waals surface area contributed by atoms with E-state index < -0.39 is 0 Å². The number of halogens is 1. The lowest BCUT2D eigenvalue weighted by Crippen LogP contribution is -1.95. The molecule has 0 aliphatic carbocycles. The maximum Gasteiger partial charge on any atom is 0.161 e. The number of rotatable bonds is 4. The molecule has 14 heavy (non-hydrogen) atoms. The first-order valence-corrected chi connectivity index (χ1v) is 4.72. The Hall–Kier alpha value is -1.15. The summed E-state index contributed by atoms with van der Waals surface area (Å²) < 4.78 is 10.5. The van der Waals surface area contributed by atoms with Crippen molar-refractivity contribution in [3.63, 3.8) is 0 Å². The predicted molar refractivity (Wildman–Crippen MR) is 59.1 cm³/mol. The van der Waals surface area contributed by atoms with Gasteiger partial charge in [-0.25, -0.2) is 0 Å². The zero-order chi connectivity index (χ0) is 10.6. The highest BCUT2D eigenvalue weighted by atomic mass is 35.5. The summed E-state index contributed by atoms with van der Waals surface area (Å²) in [6.07, 6.45) is 0. The summed E-state index contributed by atoms with van der Waals surface area (Å²) in [5.41, 5.74) is 0.843. The minimum absolute atomic E-state index is 0.494. The van der Waals surface area contributed by atoms with Gasteiger partial charge in [-0.1, -0.05) is 18.2 Å². The molecule has 0 N–H and O–H groups in total. The van der Waals surface area contributed by atoms with Crippen LogP contribution in [0.15, 0.2) is 24.8 Å². The largest absolute Gasteiger partial charge is 0.493 e. The normalized spacial score (nSPS) is 9.64. The van der Waals surface area contributed by atoms with E-state index in [1.54, 1.807) is 7.11 Å². The molecule has 0 fully saturated rings. The predicted octanol–water partition coefficient (Wildman–Crippen LogP) is 3.30. The van der Waals surface area contributed by atoms with E-state index in [1.807, 2.05) is 25.1 Å². The fraction of sp³-hybridized carbons (Fsp3) is 0.273. The molecular weight excluding hydrogens is 200 g/mol. The topological polar surface area (TPSA) is 18.5 Å². The minimum Gasteiger partial charge on any atom is -0.493 e. The van der Waals surface area contributed by atoms with Crippen molar-refractivity contribution >= 4 is 16.6 Å². The van der Waals surface area contributed by atoms with Crippen molar-refractivity contribution in [3.05, 3.63) is 30.3 Å². The summed E-state index contributed by atoms with van der Waals surface area (Å²) in [5, 5.41) is 0.494. The van der Waals surface area contributed by atoms with Gasteiger partial charge < -0.3 is 9.47 Å². The highest BCUT2D eigenvalue weighted by Gasteiger charge is 2.05. The van der Waals surface area contributed by atoms with Crippen LogP contribution in [0, 0.1) is 0 Å². The molecule has 1 rings (SSSR count). The summed E-state index contributed by atoms with van der Waals surface area (Å²) in [4.78, 5) is 0.